The quantitative estimate of drug-likeness (QED) is 0.170. The first-order chi connectivity index (χ1) is 14.8. The highest BCUT2D eigenvalue weighted by atomic mass is 16.6. The van der Waals surface area contributed by atoms with Gasteiger partial charge in [-0.05, 0) is 27.7 Å². The summed E-state index contributed by atoms with van der Waals surface area (Å²) in [6, 6.07) is 0. The van der Waals surface area contributed by atoms with Gasteiger partial charge in [-0.15, -0.1) is 0 Å². The second-order valence-corrected chi connectivity index (χ2v) is 7.64. The third-order valence-corrected chi connectivity index (χ3v) is 3.65. The van der Waals surface area contributed by atoms with E-state index in [0.717, 1.165) is 0 Å². The topological polar surface area (TPSA) is 186 Å². The van der Waals surface area contributed by atoms with Gasteiger partial charge >= 0.3 is 23.9 Å². The molecular weight excluding hydrogens is 432 g/mol. The molecule has 4 unspecified atom stereocenters. The number of hydrogen-bond donors (Lipinski definition) is 4. The van der Waals surface area contributed by atoms with Gasteiger partial charge in [-0.3, -0.25) is 19.2 Å². The predicted molar refractivity (Wildman–Crippen MR) is 107 cm³/mol. The Hall–Kier alpha value is -2.28. The van der Waals surface area contributed by atoms with Crippen molar-refractivity contribution in [3.63, 3.8) is 0 Å². The Balaban J connectivity index is 5.49. The zero-order chi connectivity index (χ0) is 24.8. The molecule has 0 bridgehead atoms. The fourth-order valence-corrected chi connectivity index (χ4v) is 2.30. The molecule has 186 valence electrons. The zero-order valence-corrected chi connectivity index (χ0v) is 18.8. The maximum absolute atomic E-state index is 12.1. The van der Waals surface area contributed by atoms with E-state index < -0.39 is 86.6 Å². The molecule has 6 atom stereocenters. The van der Waals surface area contributed by atoms with E-state index >= 15 is 0 Å². The van der Waals surface area contributed by atoms with Crippen molar-refractivity contribution >= 4 is 23.9 Å². The normalized spacial score (nSPS) is 16.6. The number of ether oxygens (including phenoxy) is 4. The average Bonchev–Trinajstić information content (AvgIpc) is 2.59. The SMILES string of the molecule is CC(O)CC(=O)OC[C@H](OC(=O)CC(C)O)[C@@H](COC(=O)CC(C)O)OC(=O)CC(C)O. The molecule has 0 aromatic heterocycles. The number of esters is 4. The fraction of sp³-hybridized carbons (Fsp3) is 0.800. The van der Waals surface area contributed by atoms with Crippen LogP contribution in [-0.4, -0.2) is 94.1 Å². The molecule has 0 aliphatic rings. The number of carbonyl (C=O) groups is 4. The lowest BCUT2D eigenvalue weighted by Gasteiger charge is -2.27. The highest BCUT2D eigenvalue weighted by Gasteiger charge is 2.32. The summed E-state index contributed by atoms with van der Waals surface area (Å²) in [6.07, 6.45) is -8.40. The van der Waals surface area contributed by atoms with Gasteiger partial charge in [0.05, 0.1) is 50.1 Å². The average molecular weight is 466 g/mol. The predicted octanol–water partition coefficient (Wildman–Crippen LogP) is -1.02. The summed E-state index contributed by atoms with van der Waals surface area (Å²) < 4.78 is 20.3. The van der Waals surface area contributed by atoms with E-state index in [4.69, 9.17) is 18.9 Å². The van der Waals surface area contributed by atoms with Crippen LogP contribution < -0.4 is 0 Å². The fourth-order valence-electron chi connectivity index (χ4n) is 2.30. The largest absolute Gasteiger partial charge is 0.461 e. The Bertz CT molecular complexity index is 547. The lowest BCUT2D eigenvalue weighted by molar-refractivity contribution is -0.184. The first kappa shape index (κ1) is 29.7. The van der Waals surface area contributed by atoms with Gasteiger partial charge in [-0.1, -0.05) is 0 Å². The van der Waals surface area contributed by atoms with Gasteiger partial charge in [0.25, 0.3) is 0 Å². The summed E-state index contributed by atoms with van der Waals surface area (Å²) in [5.41, 5.74) is 0. The molecule has 0 aromatic rings. The molecular formula is C20H34O12. The van der Waals surface area contributed by atoms with Crippen molar-refractivity contribution in [3.8, 4) is 0 Å². The molecule has 0 amide bonds. The molecule has 12 nitrogen and oxygen atoms in total. The second kappa shape index (κ2) is 15.5. The van der Waals surface area contributed by atoms with Crippen molar-refractivity contribution < 1.29 is 58.6 Å². The summed E-state index contributed by atoms with van der Waals surface area (Å²) in [4.78, 5) is 47.7. The van der Waals surface area contributed by atoms with E-state index in [1.807, 2.05) is 0 Å². The number of hydrogen-bond acceptors (Lipinski definition) is 12. The Morgan fingerprint density at radius 1 is 0.531 bits per heavy atom. The lowest BCUT2D eigenvalue weighted by atomic mass is 10.2. The van der Waals surface area contributed by atoms with Crippen molar-refractivity contribution in [2.45, 2.75) is 90.0 Å². The van der Waals surface area contributed by atoms with Crippen LogP contribution in [0.4, 0.5) is 0 Å². The molecule has 0 radical (unpaired) electrons. The van der Waals surface area contributed by atoms with E-state index in [1.54, 1.807) is 0 Å². The van der Waals surface area contributed by atoms with Gasteiger partial charge in [0.2, 0.25) is 0 Å². The van der Waals surface area contributed by atoms with Crippen molar-refractivity contribution in [2.75, 3.05) is 13.2 Å². The monoisotopic (exact) mass is 466 g/mol. The van der Waals surface area contributed by atoms with Gasteiger partial charge in [-0.2, -0.15) is 0 Å². The maximum Gasteiger partial charge on any atom is 0.308 e. The van der Waals surface area contributed by atoms with Crippen LogP contribution in [0.2, 0.25) is 0 Å². The minimum atomic E-state index is -1.42. The lowest BCUT2D eigenvalue weighted by Crippen LogP contribution is -2.43. The molecule has 12 heteroatoms. The van der Waals surface area contributed by atoms with Crippen molar-refractivity contribution in [1.82, 2.24) is 0 Å². The Morgan fingerprint density at radius 3 is 1.03 bits per heavy atom. The number of rotatable bonds is 15. The number of carbonyl (C=O) groups excluding carboxylic acids is 4. The number of aliphatic hydroxyl groups is 4. The molecule has 32 heavy (non-hydrogen) atoms. The molecule has 0 aliphatic heterocycles. The maximum atomic E-state index is 12.1. The van der Waals surface area contributed by atoms with Crippen LogP contribution in [-0.2, 0) is 38.1 Å². The first-order valence-corrected chi connectivity index (χ1v) is 10.2. The molecule has 0 spiro atoms. The van der Waals surface area contributed by atoms with Gasteiger partial charge in [0.15, 0.2) is 12.2 Å². The van der Waals surface area contributed by atoms with E-state index in [2.05, 4.69) is 0 Å². The molecule has 0 fully saturated rings. The summed E-state index contributed by atoms with van der Waals surface area (Å²) in [6.45, 7) is 4.22. The summed E-state index contributed by atoms with van der Waals surface area (Å²) in [7, 11) is 0. The van der Waals surface area contributed by atoms with E-state index in [0.29, 0.717) is 0 Å². The van der Waals surface area contributed by atoms with Crippen LogP contribution >= 0.6 is 0 Å². The molecule has 0 heterocycles. The summed E-state index contributed by atoms with van der Waals surface area (Å²) >= 11 is 0. The van der Waals surface area contributed by atoms with Crippen molar-refractivity contribution in [2.24, 2.45) is 0 Å². The molecule has 0 saturated carbocycles. The third kappa shape index (κ3) is 15.5. The van der Waals surface area contributed by atoms with Gasteiger partial charge in [0.1, 0.15) is 13.2 Å². The minimum absolute atomic E-state index is 0.343. The third-order valence-electron chi connectivity index (χ3n) is 3.65. The van der Waals surface area contributed by atoms with Gasteiger partial charge < -0.3 is 39.4 Å². The van der Waals surface area contributed by atoms with E-state index in [9.17, 15) is 39.6 Å². The van der Waals surface area contributed by atoms with Gasteiger partial charge in [0, 0.05) is 0 Å². The smallest absolute Gasteiger partial charge is 0.308 e. The molecule has 0 rings (SSSR count). The van der Waals surface area contributed by atoms with Crippen LogP contribution in [0, 0.1) is 0 Å². The number of aliphatic hydroxyl groups excluding tert-OH is 4. The van der Waals surface area contributed by atoms with Crippen LogP contribution in [0.25, 0.3) is 0 Å². The van der Waals surface area contributed by atoms with Crippen molar-refractivity contribution in [3.05, 3.63) is 0 Å². The zero-order valence-electron chi connectivity index (χ0n) is 18.8. The Morgan fingerprint density at radius 2 is 0.781 bits per heavy atom. The summed E-state index contributed by atoms with van der Waals surface area (Å²) in [5.74, 6) is -3.44. The van der Waals surface area contributed by atoms with E-state index in [1.165, 1.54) is 27.7 Å². The Kier molecular flexibility index (Phi) is 14.4. The van der Waals surface area contributed by atoms with Crippen LogP contribution in [0.15, 0.2) is 0 Å². The second-order valence-electron chi connectivity index (χ2n) is 7.64. The standard InChI is InChI=1S/C20H34O12/c1-11(21)5-17(25)29-9-15(31-19(27)7-13(3)23)16(32-20(28)8-14(4)24)10-30-18(26)6-12(2)22/h11-16,21-24H,5-10H2,1-4H3/t11?,12?,13?,14?,15-,16+. The van der Waals surface area contributed by atoms with Crippen molar-refractivity contribution in [1.29, 1.82) is 0 Å². The molecule has 4 N–H and O–H groups in total. The van der Waals surface area contributed by atoms with Crippen LogP contribution in [0.5, 0.6) is 0 Å². The highest BCUT2D eigenvalue weighted by Crippen LogP contribution is 2.13. The molecule has 0 saturated heterocycles. The van der Waals surface area contributed by atoms with Crippen LogP contribution in [0.1, 0.15) is 53.4 Å². The van der Waals surface area contributed by atoms with E-state index in [-0.39, 0.29) is 12.8 Å². The molecule has 0 aromatic carbocycles. The molecule has 0 aliphatic carbocycles. The summed E-state index contributed by atoms with van der Waals surface area (Å²) in [5, 5.41) is 37.3. The van der Waals surface area contributed by atoms with Crippen LogP contribution in [0.3, 0.4) is 0 Å². The minimum Gasteiger partial charge on any atom is -0.461 e. The first-order valence-electron chi connectivity index (χ1n) is 10.2. The van der Waals surface area contributed by atoms with Gasteiger partial charge in [-0.25, -0.2) is 0 Å². The Labute approximate surface area is 186 Å². The highest BCUT2D eigenvalue weighted by molar-refractivity contribution is 5.72.